The summed E-state index contributed by atoms with van der Waals surface area (Å²) in [6.45, 7) is 0.351. The largest absolute Gasteiger partial charge is 0.484 e. The van der Waals surface area contributed by atoms with Gasteiger partial charge in [0.2, 0.25) is 5.89 Å². The van der Waals surface area contributed by atoms with E-state index in [1.807, 2.05) is 0 Å². The summed E-state index contributed by atoms with van der Waals surface area (Å²) in [4.78, 5) is 22.6. The second kappa shape index (κ2) is 8.52. The first kappa shape index (κ1) is 19.3. The number of carbonyl (C=O) groups is 1. The molecule has 8 nitrogen and oxygen atoms in total. The SMILES string of the molecule is O=C(COc1ccc(F)c(Cl)c1)N1CCCC[C@@H]1c1nnc(-c2cnccn2)o1. The summed E-state index contributed by atoms with van der Waals surface area (Å²) < 4.78 is 24.5. The lowest BCUT2D eigenvalue weighted by Gasteiger charge is -2.33. The van der Waals surface area contributed by atoms with Crippen LogP contribution in [0, 0.1) is 5.82 Å². The lowest BCUT2D eigenvalue weighted by Crippen LogP contribution is -2.41. The van der Waals surface area contributed by atoms with Crippen LogP contribution in [-0.4, -0.2) is 44.1 Å². The number of rotatable bonds is 5. The summed E-state index contributed by atoms with van der Waals surface area (Å²) in [6.07, 6.45) is 7.13. The maximum atomic E-state index is 13.3. The summed E-state index contributed by atoms with van der Waals surface area (Å²) in [7, 11) is 0. The minimum Gasteiger partial charge on any atom is -0.484 e. The first-order valence-electron chi connectivity index (χ1n) is 9.09. The number of likely N-dealkylation sites (tertiary alicyclic amines) is 1. The highest BCUT2D eigenvalue weighted by atomic mass is 35.5. The van der Waals surface area contributed by atoms with E-state index >= 15 is 0 Å². The fourth-order valence-electron chi connectivity index (χ4n) is 3.16. The van der Waals surface area contributed by atoms with Crippen molar-refractivity contribution < 1.29 is 18.3 Å². The van der Waals surface area contributed by atoms with Gasteiger partial charge in [-0.1, -0.05) is 11.6 Å². The summed E-state index contributed by atoms with van der Waals surface area (Å²) in [5.41, 5.74) is 0.469. The third-order valence-electron chi connectivity index (χ3n) is 4.58. The number of halogens is 2. The van der Waals surface area contributed by atoms with Gasteiger partial charge in [-0.3, -0.25) is 9.78 Å². The average Bonchev–Trinajstić information content (AvgIpc) is 3.25. The molecule has 2 aromatic heterocycles. The number of hydrogen-bond donors (Lipinski definition) is 0. The molecule has 3 heterocycles. The van der Waals surface area contributed by atoms with Crippen LogP contribution in [-0.2, 0) is 4.79 Å². The van der Waals surface area contributed by atoms with Crippen LogP contribution in [0.1, 0.15) is 31.2 Å². The second-order valence-corrected chi connectivity index (χ2v) is 6.91. The van der Waals surface area contributed by atoms with Crippen LogP contribution < -0.4 is 4.74 Å². The molecule has 1 atom stereocenters. The van der Waals surface area contributed by atoms with Crippen molar-refractivity contribution in [3.05, 3.63) is 53.5 Å². The minimum absolute atomic E-state index is 0.0619. The van der Waals surface area contributed by atoms with E-state index in [1.54, 1.807) is 11.1 Å². The Balaban J connectivity index is 1.46. The lowest BCUT2D eigenvalue weighted by atomic mass is 10.0. The highest BCUT2D eigenvalue weighted by Gasteiger charge is 2.32. The molecule has 1 amide bonds. The molecule has 150 valence electrons. The van der Waals surface area contributed by atoms with E-state index in [0.29, 0.717) is 30.3 Å². The van der Waals surface area contributed by atoms with E-state index in [9.17, 15) is 9.18 Å². The molecule has 0 aliphatic carbocycles. The molecule has 0 saturated carbocycles. The fourth-order valence-corrected chi connectivity index (χ4v) is 3.33. The molecular formula is C19H17ClFN5O3. The molecule has 0 N–H and O–H groups in total. The Labute approximate surface area is 170 Å². The Morgan fingerprint density at radius 2 is 2.21 bits per heavy atom. The van der Waals surface area contributed by atoms with Gasteiger partial charge < -0.3 is 14.1 Å². The summed E-state index contributed by atoms with van der Waals surface area (Å²) in [5.74, 6) is 0.152. The third kappa shape index (κ3) is 4.34. The predicted octanol–water partition coefficient (Wildman–Crippen LogP) is 3.45. The number of piperidine rings is 1. The Bertz CT molecular complexity index is 1000. The molecule has 0 spiro atoms. The van der Waals surface area contributed by atoms with E-state index in [-0.39, 0.29) is 29.5 Å². The zero-order valence-electron chi connectivity index (χ0n) is 15.3. The van der Waals surface area contributed by atoms with Gasteiger partial charge in [-0.25, -0.2) is 9.37 Å². The number of benzene rings is 1. The Morgan fingerprint density at radius 1 is 1.31 bits per heavy atom. The van der Waals surface area contributed by atoms with Gasteiger partial charge in [0.15, 0.2) is 6.61 Å². The standard InChI is InChI=1S/C19H17ClFN5O3/c20-13-9-12(4-5-14(13)21)28-11-17(27)26-8-2-1-3-16(26)19-25-24-18(29-19)15-10-22-6-7-23-15/h4-7,9-10,16H,1-3,8,11H2/t16-/m1/s1. The number of aromatic nitrogens is 4. The highest BCUT2D eigenvalue weighted by molar-refractivity contribution is 6.30. The molecule has 0 unspecified atom stereocenters. The van der Waals surface area contributed by atoms with Crippen LogP contribution in [0.3, 0.4) is 0 Å². The van der Waals surface area contributed by atoms with Crippen molar-refractivity contribution in [1.29, 1.82) is 0 Å². The predicted molar refractivity (Wildman–Crippen MR) is 101 cm³/mol. The van der Waals surface area contributed by atoms with E-state index in [2.05, 4.69) is 20.2 Å². The second-order valence-electron chi connectivity index (χ2n) is 6.50. The summed E-state index contributed by atoms with van der Waals surface area (Å²) in [5, 5.41) is 8.08. The summed E-state index contributed by atoms with van der Waals surface area (Å²) >= 11 is 5.75. The molecule has 0 bridgehead atoms. The van der Waals surface area contributed by atoms with Crippen LogP contribution >= 0.6 is 11.6 Å². The lowest BCUT2D eigenvalue weighted by molar-refractivity contribution is -0.137. The number of carbonyl (C=O) groups excluding carboxylic acids is 1. The molecule has 10 heteroatoms. The Hall–Kier alpha value is -3.07. The van der Waals surface area contributed by atoms with Crippen molar-refractivity contribution in [2.75, 3.05) is 13.2 Å². The normalized spacial score (nSPS) is 16.6. The molecule has 1 fully saturated rings. The van der Waals surface area contributed by atoms with E-state index < -0.39 is 5.82 Å². The monoisotopic (exact) mass is 417 g/mol. The molecule has 1 aliphatic heterocycles. The topological polar surface area (TPSA) is 94.2 Å². The van der Waals surface area contributed by atoms with Gasteiger partial charge in [0.25, 0.3) is 11.8 Å². The van der Waals surface area contributed by atoms with Gasteiger partial charge in [-0.2, -0.15) is 0 Å². The molecule has 1 aliphatic rings. The van der Waals surface area contributed by atoms with Crippen LogP contribution in [0.25, 0.3) is 11.6 Å². The molecular weight excluding hydrogens is 401 g/mol. The van der Waals surface area contributed by atoms with Crippen LogP contribution in [0.4, 0.5) is 4.39 Å². The van der Waals surface area contributed by atoms with Crippen molar-refractivity contribution in [3.63, 3.8) is 0 Å². The molecule has 3 aromatic rings. The van der Waals surface area contributed by atoms with Crippen molar-refractivity contribution in [2.24, 2.45) is 0 Å². The van der Waals surface area contributed by atoms with Gasteiger partial charge in [0, 0.05) is 25.0 Å². The number of amides is 1. The van der Waals surface area contributed by atoms with Crippen LogP contribution in [0.2, 0.25) is 5.02 Å². The van der Waals surface area contributed by atoms with E-state index in [4.69, 9.17) is 20.8 Å². The third-order valence-corrected chi connectivity index (χ3v) is 4.87. The van der Waals surface area contributed by atoms with Crippen molar-refractivity contribution in [3.8, 4) is 17.3 Å². The maximum absolute atomic E-state index is 13.3. The number of nitrogens with zero attached hydrogens (tertiary/aromatic N) is 5. The van der Waals surface area contributed by atoms with Gasteiger partial charge in [0.05, 0.1) is 11.2 Å². The van der Waals surface area contributed by atoms with Crippen molar-refractivity contribution in [1.82, 2.24) is 25.1 Å². The van der Waals surface area contributed by atoms with Crippen molar-refractivity contribution >= 4 is 17.5 Å². The molecule has 29 heavy (non-hydrogen) atoms. The van der Waals surface area contributed by atoms with Gasteiger partial charge >= 0.3 is 0 Å². The van der Waals surface area contributed by atoms with E-state index in [1.165, 1.54) is 30.6 Å². The zero-order chi connectivity index (χ0) is 20.2. The Morgan fingerprint density at radius 3 is 3.00 bits per heavy atom. The maximum Gasteiger partial charge on any atom is 0.267 e. The average molecular weight is 418 g/mol. The number of hydrogen-bond acceptors (Lipinski definition) is 7. The van der Waals surface area contributed by atoms with E-state index in [0.717, 1.165) is 12.8 Å². The fraction of sp³-hybridized carbons (Fsp3) is 0.316. The zero-order valence-corrected chi connectivity index (χ0v) is 16.0. The smallest absolute Gasteiger partial charge is 0.267 e. The van der Waals surface area contributed by atoms with Crippen LogP contribution in [0.15, 0.2) is 41.2 Å². The van der Waals surface area contributed by atoms with Gasteiger partial charge in [0.1, 0.15) is 23.3 Å². The van der Waals surface area contributed by atoms with Gasteiger partial charge in [-0.05, 0) is 31.4 Å². The first-order valence-corrected chi connectivity index (χ1v) is 9.47. The summed E-state index contributed by atoms with van der Waals surface area (Å²) in [6, 6.07) is 3.61. The highest BCUT2D eigenvalue weighted by Crippen LogP contribution is 2.31. The minimum atomic E-state index is -0.545. The Kier molecular flexibility index (Phi) is 5.66. The molecule has 4 rings (SSSR count). The number of ether oxygens (including phenoxy) is 1. The molecule has 1 aromatic carbocycles. The van der Waals surface area contributed by atoms with Crippen LogP contribution in [0.5, 0.6) is 5.75 Å². The molecule has 1 saturated heterocycles. The van der Waals surface area contributed by atoms with Gasteiger partial charge in [-0.15, -0.1) is 10.2 Å². The quantitative estimate of drug-likeness (QED) is 0.627. The first-order chi connectivity index (χ1) is 14.1. The molecule has 0 radical (unpaired) electrons. The van der Waals surface area contributed by atoms with Crippen molar-refractivity contribution in [2.45, 2.75) is 25.3 Å².